The smallest absolute Gasteiger partial charge is 0.261 e. The minimum absolute atomic E-state index is 0.131. The molecule has 1 aromatic heterocycles. The molecule has 3 aromatic rings. The largest absolute Gasteiger partial charge is 0.329 e. The predicted molar refractivity (Wildman–Crippen MR) is 107 cm³/mol. The molecule has 28 heavy (non-hydrogen) atoms. The SMILES string of the molecule is CNS(=O)(=O)c1cccc(S(=O)(=O)Nc2ccccc2Sc2nccn2C)c1. The molecule has 0 aliphatic heterocycles. The second-order valence-corrected chi connectivity index (χ2v) is 10.3. The number of anilines is 1. The summed E-state index contributed by atoms with van der Waals surface area (Å²) in [5.74, 6) is 0. The Morgan fingerprint density at radius 1 is 0.964 bits per heavy atom. The monoisotopic (exact) mass is 438 g/mol. The van der Waals surface area contributed by atoms with Crippen LogP contribution in [0.2, 0.25) is 0 Å². The van der Waals surface area contributed by atoms with Gasteiger partial charge in [0, 0.05) is 24.3 Å². The fourth-order valence-electron chi connectivity index (χ4n) is 2.32. The van der Waals surface area contributed by atoms with E-state index in [1.165, 1.54) is 37.0 Å². The van der Waals surface area contributed by atoms with Crippen molar-refractivity contribution < 1.29 is 16.8 Å². The van der Waals surface area contributed by atoms with Crippen molar-refractivity contribution in [3.63, 3.8) is 0 Å². The van der Waals surface area contributed by atoms with Crippen molar-refractivity contribution in [1.29, 1.82) is 0 Å². The predicted octanol–water partition coefficient (Wildman–Crippen LogP) is 2.28. The molecule has 1 heterocycles. The highest BCUT2D eigenvalue weighted by molar-refractivity contribution is 7.99. The van der Waals surface area contributed by atoms with Crippen LogP contribution in [0.1, 0.15) is 0 Å². The summed E-state index contributed by atoms with van der Waals surface area (Å²) in [6, 6.07) is 12.1. The Labute approximate surface area is 168 Å². The Bertz CT molecular complexity index is 1200. The number of rotatable bonds is 7. The molecule has 3 rings (SSSR count). The summed E-state index contributed by atoms with van der Waals surface area (Å²) < 4.78 is 56.1. The van der Waals surface area contributed by atoms with Crippen LogP contribution in [0, 0.1) is 0 Å². The summed E-state index contributed by atoms with van der Waals surface area (Å²) in [6.07, 6.45) is 3.45. The quantitative estimate of drug-likeness (QED) is 0.586. The fraction of sp³-hybridized carbons (Fsp3) is 0.118. The van der Waals surface area contributed by atoms with E-state index in [2.05, 4.69) is 14.4 Å². The third kappa shape index (κ3) is 4.38. The van der Waals surface area contributed by atoms with Gasteiger partial charge in [0.05, 0.1) is 15.5 Å². The maximum Gasteiger partial charge on any atom is 0.261 e. The summed E-state index contributed by atoms with van der Waals surface area (Å²) in [5, 5.41) is 0.703. The Morgan fingerprint density at radius 3 is 2.29 bits per heavy atom. The number of aryl methyl sites for hydroxylation is 1. The van der Waals surface area contributed by atoms with Crippen molar-refractivity contribution >= 4 is 37.5 Å². The van der Waals surface area contributed by atoms with Gasteiger partial charge in [0.2, 0.25) is 10.0 Å². The van der Waals surface area contributed by atoms with Gasteiger partial charge in [-0.15, -0.1) is 0 Å². The summed E-state index contributed by atoms with van der Waals surface area (Å²) in [6.45, 7) is 0. The first-order valence-electron chi connectivity index (χ1n) is 8.03. The van der Waals surface area contributed by atoms with E-state index in [-0.39, 0.29) is 9.79 Å². The molecule has 0 atom stereocenters. The number of sulfonamides is 2. The van der Waals surface area contributed by atoms with Gasteiger partial charge in [0.25, 0.3) is 10.0 Å². The summed E-state index contributed by atoms with van der Waals surface area (Å²) in [7, 11) is -4.65. The van der Waals surface area contributed by atoms with Crippen molar-refractivity contribution in [2.45, 2.75) is 19.8 Å². The van der Waals surface area contributed by atoms with Gasteiger partial charge in [-0.2, -0.15) is 0 Å². The molecule has 148 valence electrons. The third-order valence-electron chi connectivity index (χ3n) is 3.80. The molecule has 2 aromatic carbocycles. The van der Waals surface area contributed by atoms with E-state index in [1.54, 1.807) is 36.7 Å². The molecule has 2 N–H and O–H groups in total. The Kier molecular flexibility index (Phi) is 5.79. The summed E-state index contributed by atoms with van der Waals surface area (Å²) in [4.78, 5) is 4.61. The molecule has 0 fully saturated rings. The molecule has 0 saturated heterocycles. The van der Waals surface area contributed by atoms with E-state index in [9.17, 15) is 16.8 Å². The molecular weight excluding hydrogens is 420 g/mol. The highest BCUT2D eigenvalue weighted by atomic mass is 32.2. The lowest BCUT2D eigenvalue weighted by atomic mass is 10.3. The van der Waals surface area contributed by atoms with Gasteiger partial charge >= 0.3 is 0 Å². The molecular formula is C17H18N4O4S3. The number of hydrogen-bond donors (Lipinski definition) is 2. The average molecular weight is 439 g/mol. The molecule has 0 unspecified atom stereocenters. The zero-order valence-electron chi connectivity index (χ0n) is 15.0. The number of benzene rings is 2. The van der Waals surface area contributed by atoms with E-state index in [4.69, 9.17) is 0 Å². The Hall–Kier alpha value is -2.34. The van der Waals surface area contributed by atoms with E-state index in [0.29, 0.717) is 15.7 Å². The number of imidazole rings is 1. The number of nitrogens with zero attached hydrogens (tertiary/aromatic N) is 2. The minimum atomic E-state index is -4.00. The van der Waals surface area contributed by atoms with Crippen LogP contribution in [-0.4, -0.2) is 33.4 Å². The molecule has 0 radical (unpaired) electrons. The van der Waals surface area contributed by atoms with Crippen LogP contribution in [0.3, 0.4) is 0 Å². The molecule has 0 bridgehead atoms. The zero-order chi connectivity index (χ0) is 20.4. The van der Waals surface area contributed by atoms with Crippen LogP contribution in [0.15, 0.2) is 80.8 Å². The van der Waals surface area contributed by atoms with E-state index in [0.717, 1.165) is 6.07 Å². The van der Waals surface area contributed by atoms with Crippen LogP contribution in [0.5, 0.6) is 0 Å². The van der Waals surface area contributed by atoms with Crippen molar-refractivity contribution in [2.24, 2.45) is 7.05 Å². The normalized spacial score (nSPS) is 12.1. The molecule has 11 heteroatoms. The molecule has 0 saturated carbocycles. The van der Waals surface area contributed by atoms with Gasteiger partial charge in [-0.1, -0.05) is 18.2 Å². The zero-order valence-corrected chi connectivity index (χ0v) is 17.5. The highest BCUT2D eigenvalue weighted by Crippen LogP contribution is 2.33. The van der Waals surface area contributed by atoms with Crippen LogP contribution in [0.4, 0.5) is 5.69 Å². The second-order valence-electron chi connectivity index (χ2n) is 5.71. The standard InChI is InChI=1S/C17H18N4O4S3/c1-18-27(22,23)13-6-5-7-14(12-13)28(24,25)20-15-8-3-4-9-16(15)26-17-19-10-11-21(17)2/h3-12,18,20H,1-2H3. The lowest BCUT2D eigenvalue weighted by Crippen LogP contribution is -2.19. The van der Waals surface area contributed by atoms with E-state index < -0.39 is 20.0 Å². The fourth-order valence-corrected chi connectivity index (χ4v) is 5.25. The summed E-state index contributed by atoms with van der Waals surface area (Å²) in [5.41, 5.74) is 0.373. The maximum absolute atomic E-state index is 12.8. The van der Waals surface area contributed by atoms with Crippen molar-refractivity contribution in [3.05, 3.63) is 60.9 Å². The average Bonchev–Trinajstić information content (AvgIpc) is 3.08. The maximum atomic E-state index is 12.8. The van der Waals surface area contributed by atoms with E-state index in [1.807, 2.05) is 11.6 Å². The van der Waals surface area contributed by atoms with Gasteiger partial charge in [0.1, 0.15) is 0 Å². The first-order chi connectivity index (χ1) is 13.2. The first kappa shape index (κ1) is 20.4. The third-order valence-corrected chi connectivity index (χ3v) is 7.73. The lowest BCUT2D eigenvalue weighted by molar-refractivity contribution is 0.588. The lowest BCUT2D eigenvalue weighted by Gasteiger charge is -2.13. The van der Waals surface area contributed by atoms with Gasteiger partial charge in [-0.3, -0.25) is 4.72 Å². The number of nitrogens with one attached hydrogen (secondary N) is 2. The number of para-hydroxylation sites is 1. The van der Waals surface area contributed by atoms with Gasteiger partial charge in [-0.05, 0) is 49.1 Å². The van der Waals surface area contributed by atoms with Crippen molar-refractivity contribution in [2.75, 3.05) is 11.8 Å². The van der Waals surface area contributed by atoms with Crippen LogP contribution in [0.25, 0.3) is 0 Å². The van der Waals surface area contributed by atoms with Crippen molar-refractivity contribution in [1.82, 2.24) is 14.3 Å². The molecule has 8 nitrogen and oxygen atoms in total. The molecule has 0 aliphatic carbocycles. The van der Waals surface area contributed by atoms with Crippen LogP contribution < -0.4 is 9.44 Å². The Balaban J connectivity index is 1.94. The Morgan fingerprint density at radius 2 is 1.64 bits per heavy atom. The van der Waals surface area contributed by atoms with Gasteiger partial charge in [0.15, 0.2) is 5.16 Å². The van der Waals surface area contributed by atoms with Gasteiger partial charge in [-0.25, -0.2) is 26.5 Å². The number of aromatic nitrogens is 2. The number of hydrogen-bond acceptors (Lipinski definition) is 6. The topological polar surface area (TPSA) is 110 Å². The second kappa shape index (κ2) is 7.95. The van der Waals surface area contributed by atoms with Crippen molar-refractivity contribution in [3.8, 4) is 0 Å². The molecule has 0 aliphatic rings. The first-order valence-corrected chi connectivity index (χ1v) is 11.8. The summed E-state index contributed by atoms with van der Waals surface area (Å²) >= 11 is 1.31. The van der Waals surface area contributed by atoms with E-state index >= 15 is 0 Å². The molecule has 0 spiro atoms. The van der Waals surface area contributed by atoms with Crippen LogP contribution in [-0.2, 0) is 27.1 Å². The minimum Gasteiger partial charge on any atom is -0.329 e. The highest BCUT2D eigenvalue weighted by Gasteiger charge is 2.20. The van der Waals surface area contributed by atoms with Gasteiger partial charge < -0.3 is 4.57 Å². The van der Waals surface area contributed by atoms with Crippen LogP contribution >= 0.6 is 11.8 Å². The molecule has 0 amide bonds.